The Labute approximate surface area is 182 Å². The van der Waals surface area contributed by atoms with Crippen molar-refractivity contribution in [3.05, 3.63) is 72.8 Å². The summed E-state index contributed by atoms with van der Waals surface area (Å²) in [7, 11) is 0. The predicted octanol–water partition coefficient (Wildman–Crippen LogP) is 3.46. The molecule has 30 heavy (non-hydrogen) atoms. The third kappa shape index (κ3) is 4.43. The fourth-order valence-corrected chi connectivity index (χ4v) is 3.59. The van der Waals surface area contributed by atoms with Crippen LogP contribution in [0.4, 0.5) is 5.69 Å². The second-order valence-electron chi connectivity index (χ2n) is 7.09. The summed E-state index contributed by atoms with van der Waals surface area (Å²) in [5.41, 5.74) is 4.45. The van der Waals surface area contributed by atoms with Gasteiger partial charge in [-0.1, -0.05) is 12.1 Å². The van der Waals surface area contributed by atoms with E-state index in [0.717, 1.165) is 21.4 Å². The minimum atomic E-state index is -0.431. The van der Waals surface area contributed by atoms with Crippen molar-refractivity contribution in [1.29, 1.82) is 0 Å². The summed E-state index contributed by atoms with van der Waals surface area (Å²) in [6, 6.07) is 7.37. The molecule has 0 atom stereocenters. The van der Waals surface area contributed by atoms with Crippen LogP contribution in [-0.4, -0.2) is 36.9 Å². The molecule has 0 spiro atoms. The fraction of sp³-hybridized carbons (Fsp3) is 0.350. The van der Waals surface area contributed by atoms with E-state index in [4.69, 9.17) is 0 Å². The highest BCUT2D eigenvalue weighted by Gasteiger charge is 2.21. The van der Waals surface area contributed by atoms with Crippen LogP contribution in [-0.2, 0) is 13.1 Å². The quantitative estimate of drug-likeness (QED) is 0.416. The Kier molecular flexibility index (Phi) is 6.35. The molecule has 158 valence electrons. The largest absolute Gasteiger partial charge is 0.350 e. The molecular weight excluding hydrogens is 452 g/mol. The van der Waals surface area contributed by atoms with Crippen LogP contribution in [0.2, 0.25) is 0 Å². The molecule has 0 radical (unpaired) electrons. The number of nitro groups is 1. The van der Waals surface area contributed by atoms with E-state index in [2.05, 4.69) is 31.4 Å². The molecule has 0 aliphatic carbocycles. The molecule has 0 fully saturated rings. The van der Waals surface area contributed by atoms with E-state index < -0.39 is 4.92 Å². The van der Waals surface area contributed by atoms with Gasteiger partial charge in [0.05, 0.1) is 33.9 Å². The number of rotatable bonds is 7. The van der Waals surface area contributed by atoms with Crippen LogP contribution in [0.25, 0.3) is 0 Å². The van der Waals surface area contributed by atoms with Gasteiger partial charge in [0, 0.05) is 12.1 Å². The Morgan fingerprint density at radius 3 is 2.23 bits per heavy atom. The lowest BCUT2D eigenvalue weighted by Crippen LogP contribution is -2.27. The van der Waals surface area contributed by atoms with E-state index in [1.54, 1.807) is 30.7 Å². The molecule has 1 aromatic carbocycles. The van der Waals surface area contributed by atoms with Crippen molar-refractivity contribution in [3.63, 3.8) is 0 Å². The van der Waals surface area contributed by atoms with Gasteiger partial charge < -0.3 is 5.32 Å². The maximum atomic E-state index is 12.4. The number of hydrogen-bond acceptors (Lipinski definition) is 5. The number of nitrogens with zero attached hydrogens (tertiary/aromatic N) is 5. The normalized spacial score (nSPS) is 11.0. The summed E-state index contributed by atoms with van der Waals surface area (Å²) in [6.45, 7) is 8.51. The SMILES string of the molecule is Cc1nn(Cc2ccc(C(=O)NCCn3nc(C)c([N+](=O)[O-])c3C)cc2)c(C)c1Br. The van der Waals surface area contributed by atoms with E-state index >= 15 is 0 Å². The summed E-state index contributed by atoms with van der Waals surface area (Å²) < 4.78 is 4.47. The van der Waals surface area contributed by atoms with Crippen LogP contribution in [0.5, 0.6) is 0 Å². The summed E-state index contributed by atoms with van der Waals surface area (Å²) in [5.74, 6) is -0.202. The molecule has 10 heteroatoms. The number of aromatic nitrogens is 4. The Morgan fingerprint density at radius 2 is 1.70 bits per heavy atom. The number of hydrogen-bond donors (Lipinski definition) is 1. The number of carbonyl (C=O) groups is 1. The van der Waals surface area contributed by atoms with Crippen LogP contribution in [0.15, 0.2) is 28.7 Å². The highest BCUT2D eigenvalue weighted by atomic mass is 79.9. The van der Waals surface area contributed by atoms with E-state index in [9.17, 15) is 14.9 Å². The van der Waals surface area contributed by atoms with Crippen LogP contribution < -0.4 is 5.32 Å². The predicted molar refractivity (Wildman–Crippen MR) is 116 cm³/mol. The highest BCUT2D eigenvalue weighted by molar-refractivity contribution is 9.10. The smallest absolute Gasteiger partial charge is 0.312 e. The maximum absolute atomic E-state index is 12.4. The van der Waals surface area contributed by atoms with E-state index in [1.165, 1.54) is 0 Å². The molecule has 0 aliphatic heterocycles. The molecule has 1 amide bonds. The van der Waals surface area contributed by atoms with Gasteiger partial charge in [0.2, 0.25) is 0 Å². The third-order valence-electron chi connectivity index (χ3n) is 4.98. The van der Waals surface area contributed by atoms with E-state index in [0.29, 0.717) is 36.6 Å². The summed E-state index contributed by atoms with van der Waals surface area (Å²) >= 11 is 3.53. The standard InChI is InChI=1S/C20H23BrN6O3/c1-12-18(21)14(3)26(23-12)11-16-5-7-17(8-6-16)20(28)22-9-10-25-15(4)19(27(29)30)13(2)24-25/h5-8H,9-11H2,1-4H3,(H,22,28). The van der Waals surface area contributed by atoms with Crippen molar-refractivity contribution in [1.82, 2.24) is 24.9 Å². The zero-order valence-corrected chi connectivity index (χ0v) is 18.9. The first-order valence-electron chi connectivity index (χ1n) is 9.44. The first kappa shape index (κ1) is 21.7. The molecule has 0 unspecified atom stereocenters. The third-order valence-corrected chi connectivity index (χ3v) is 6.12. The second-order valence-corrected chi connectivity index (χ2v) is 7.89. The molecule has 0 saturated carbocycles. The zero-order valence-electron chi connectivity index (χ0n) is 17.3. The first-order chi connectivity index (χ1) is 14.2. The molecule has 2 heterocycles. The topological polar surface area (TPSA) is 108 Å². The molecule has 9 nitrogen and oxygen atoms in total. The van der Waals surface area contributed by atoms with Gasteiger partial charge in [0.15, 0.2) is 0 Å². The number of carbonyl (C=O) groups excluding carboxylic acids is 1. The Balaban J connectivity index is 1.58. The highest BCUT2D eigenvalue weighted by Crippen LogP contribution is 2.22. The summed E-state index contributed by atoms with van der Waals surface area (Å²) in [5, 5.41) is 22.6. The van der Waals surface area contributed by atoms with Crippen molar-refractivity contribution in [2.45, 2.75) is 40.8 Å². The molecule has 1 N–H and O–H groups in total. The van der Waals surface area contributed by atoms with Gasteiger partial charge >= 0.3 is 5.69 Å². The number of amides is 1. The average Bonchev–Trinajstić information content (AvgIpc) is 3.12. The number of benzene rings is 1. The maximum Gasteiger partial charge on any atom is 0.312 e. The molecule has 3 aromatic rings. The Hall–Kier alpha value is -3.01. The van der Waals surface area contributed by atoms with Crippen molar-refractivity contribution in [2.24, 2.45) is 0 Å². The molecule has 3 rings (SSSR count). The fourth-order valence-electron chi connectivity index (χ4n) is 3.31. The summed E-state index contributed by atoms with van der Waals surface area (Å²) in [4.78, 5) is 23.0. The van der Waals surface area contributed by atoms with Gasteiger partial charge in [0.1, 0.15) is 11.4 Å². The van der Waals surface area contributed by atoms with Gasteiger partial charge in [-0.2, -0.15) is 10.2 Å². The van der Waals surface area contributed by atoms with Crippen molar-refractivity contribution in [3.8, 4) is 0 Å². The number of aryl methyl sites for hydroxylation is 2. The lowest BCUT2D eigenvalue weighted by atomic mass is 10.1. The lowest BCUT2D eigenvalue weighted by Gasteiger charge is -2.08. The van der Waals surface area contributed by atoms with E-state index in [-0.39, 0.29) is 11.6 Å². The van der Waals surface area contributed by atoms with Crippen LogP contribution in [0.1, 0.15) is 38.7 Å². The minimum Gasteiger partial charge on any atom is -0.350 e. The molecule has 0 saturated heterocycles. The zero-order chi connectivity index (χ0) is 22.0. The Morgan fingerprint density at radius 1 is 1.07 bits per heavy atom. The van der Waals surface area contributed by atoms with Crippen LogP contribution >= 0.6 is 15.9 Å². The van der Waals surface area contributed by atoms with Gasteiger partial charge in [-0.25, -0.2) is 0 Å². The van der Waals surface area contributed by atoms with Crippen molar-refractivity contribution < 1.29 is 9.72 Å². The van der Waals surface area contributed by atoms with Crippen LogP contribution in [0.3, 0.4) is 0 Å². The number of nitrogens with one attached hydrogen (secondary N) is 1. The average molecular weight is 475 g/mol. The van der Waals surface area contributed by atoms with E-state index in [1.807, 2.05) is 30.7 Å². The van der Waals surface area contributed by atoms with Gasteiger partial charge in [-0.3, -0.25) is 24.3 Å². The monoisotopic (exact) mass is 474 g/mol. The van der Waals surface area contributed by atoms with Gasteiger partial charge in [-0.15, -0.1) is 0 Å². The molecule has 2 aromatic heterocycles. The second kappa shape index (κ2) is 8.78. The molecule has 0 aliphatic rings. The minimum absolute atomic E-state index is 0.0200. The molecule has 0 bridgehead atoms. The van der Waals surface area contributed by atoms with Crippen molar-refractivity contribution in [2.75, 3.05) is 6.54 Å². The molecular formula is C20H23BrN6O3. The van der Waals surface area contributed by atoms with Crippen molar-refractivity contribution >= 4 is 27.5 Å². The number of halogens is 1. The lowest BCUT2D eigenvalue weighted by molar-refractivity contribution is -0.386. The van der Waals surface area contributed by atoms with Crippen LogP contribution in [0, 0.1) is 37.8 Å². The van der Waals surface area contributed by atoms with Gasteiger partial charge in [-0.05, 0) is 61.3 Å². The summed E-state index contributed by atoms with van der Waals surface area (Å²) in [6.07, 6.45) is 0. The van der Waals surface area contributed by atoms with Gasteiger partial charge in [0.25, 0.3) is 5.91 Å². The Bertz CT molecular complexity index is 1100. The first-order valence-corrected chi connectivity index (χ1v) is 10.2.